The Balaban J connectivity index is 1.55. The number of amides is 1. The van der Waals surface area contributed by atoms with E-state index >= 15 is 0 Å². The molecular formula is C28H26BF2N3O2. The molecule has 182 valence electrons. The van der Waals surface area contributed by atoms with Gasteiger partial charge in [0, 0.05) is 23.7 Å². The number of rotatable bonds is 7. The highest BCUT2D eigenvalue weighted by Gasteiger charge is 2.54. The van der Waals surface area contributed by atoms with Crippen molar-refractivity contribution in [2.45, 2.75) is 31.2 Å². The lowest BCUT2D eigenvalue weighted by Gasteiger charge is -2.37. The number of benzene rings is 3. The quantitative estimate of drug-likeness (QED) is 0.388. The van der Waals surface area contributed by atoms with E-state index in [0.717, 1.165) is 65.1 Å². The summed E-state index contributed by atoms with van der Waals surface area (Å²) < 4.78 is 33.0. The lowest BCUT2D eigenvalue weighted by molar-refractivity contribution is -0.126. The molecule has 1 spiro atoms. The van der Waals surface area contributed by atoms with Gasteiger partial charge in [-0.15, -0.1) is 0 Å². The molecule has 2 N–H and O–H groups in total. The van der Waals surface area contributed by atoms with Crippen molar-refractivity contribution in [2.75, 3.05) is 17.3 Å². The van der Waals surface area contributed by atoms with Gasteiger partial charge in [0.15, 0.2) is 0 Å². The number of fused-ring (bicyclic) bond motifs is 2. The van der Waals surface area contributed by atoms with Crippen LogP contribution in [0.3, 0.4) is 0 Å². The molecule has 1 amide bonds. The van der Waals surface area contributed by atoms with Crippen molar-refractivity contribution in [2.24, 2.45) is 0 Å². The Labute approximate surface area is 209 Å². The van der Waals surface area contributed by atoms with Gasteiger partial charge in [-0.25, -0.2) is 8.78 Å². The van der Waals surface area contributed by atoms with E-state index in [-0.39, 0.29) is 11.6 Å². The molecule has 0 aromatic heterocycles. The van der Waals surface area contributed by atoms with Crippen LogP contribution in [0.4, 0.5) is 20.2 Å². The summed E-state index contributed by atoms with van der Waals surface area (Å²) in [6.07, 6.45) is 5.19. The first-order chi connectivity index (χ1) is 17.4. The summed E-state index contributed by atoms with van der Waals surface area (Å²) in [5, 5.41) is 10.6. The third-order valence-corrected chi connectivity index (χ3v) is 7.21. The van der Waals surface area contributed by atoms with Gasteiger partial charge < -0.3 is 20.4 Å². The summed E-state index contributed by atoms with van der Waals surface area (Å²) in [5.41, 5.74) is 4.61. The zero-order valence-corrected chi connectivity index (χ0v) is 20.2. The van der Waals surface area contributed by atoms with Gasteiger partial charge in [0.1, 0.15) is 25.2 Å². The first-order valence-corrected chi connectivity index (χ1v) is 11.9. The maximum absolute atomic E-state index is 14.4. The summed E-state index contributed by atoms with van der Waals surface area (Å²) in [6.45, 7) is 0.458. The van der Waals surface area contributed by atoms with Crippen LogP contribution in [0.1, 0.15) is 36.0 Å². The average molecular weight is 485 g/mol. The summed E-state index contributed by atoms with van der Waals surface area (Å²) >= 11 is 0. The smallest absolute Gasteiger partial charge is 0.238 e. The van der Waals surface area contributed by atoms with Crippen LogP contribution >= 0.6 is 0 Å². The summed E-state index contributed by atoms with van der Waals surface area (Å²) in [4.78, 5) is 15.6. The molecule has 0 bridgehead atoms. The molecule has 3 aromatic carbocycles. The van der Waals surface area contributed by atoms with E-state index in [0.29, 0.717) is 12.2 Å². The lowest BCUT2D eigenvalue weighted by Crippen LogP contribution is -2.45. The van der Waals surface area contributed by atoms with Crippen molar-refractivity contribution in [3.63, 3.8) is 0 Å². The minimum absolute atomic E-state index is 0.106. The molecule has 0 radical (unpaired) electrons. The molecule has 0 saturated heterocycles. The molecule has 5 rings (SSSR count). The fourth-order valence-electron chi connectivity index (χ4n) is 5.24. The second kappa shape index (κ2) is 9.26. The Kier molecular flexibility index (Phi) is 6.12. The molecule has 8 heteroatoms. The van der Waals surface area contributed by atoms with Gasteiger partial charge in [-0.05, 0) is 65.9 Å². The topological polar surface area (TPSA) is 65.4 Å². The molecule has 0 unspecified atom stereocenters. The standard InChI is InChI=1S/C28H26BF2N3O2/c1-36-20-6-3-17(4-7-20)16-34-26-21(28(27(34)35)10-2-11-28)13-18(14-22(26)29)24(9-12-32)33-25-8-5-19(30)15-23(25)31/h3-9,12-15,32-33H,2,10-11,16,29H2,1H3/b24-9-,32-12?. The van der Waals surface area contributed by atoms with Gasteiger partial charge in [0.2, 0.25) is 5.91 Å². The van der Waals surface area contributed by atoms with Crippen LogP contribution in [-0.2, 0) is 16.8 Å². The molecule has 1 fully saturated rings. The van der Waals surface area contributed by atoms with Gasteiger partial charge in [0.25, 0.3) is 0 Å². The number of carbonyl (C=O) groups is 1. The second-order valence-electron chi connectivity index (χ2n) is 9.36. The largest absolute Gasteiger partial charge is 0.497 e. The molecule has 1 aliphatic carbocycles. The van der Waals surface area contributed by atoms with E-state index in [1.165, 1.54) is 18.2 Å². The Morgan fingerprint density at radius 3 is 2.53 bits per heavy atom. The number of methoxy groups -OCH3 is 1. The van der Waals surface area contributed by atoms with Crippen molar-refractivity contribution in [1.29, 1.82) is 5.41 Å². The number of hydrogen-bond acceptors (Lipinski definition) is 4. The Hall–Kier alpha value is -3.94. The van der Waals surface area contributed by atoms with Crippen LogP contribution in [0, 0.1) is 17.0 Å². The molecule has 1 heterocycles. The van der Waals surface area contributed by atoms with Crippen LogP contribution < -0.4 is 20.4 Å². The third-order valence-electron chi connectivity index (χ3n) is 7.21. The first kappa shape index (κ1) is 23.8. The van der Waals surface area contributed by atoms with Gasteiger partial charge in [-0.3, -0.25) is 4.79 Å². The van der Waals surface area contributed by atoms with Gasteiger partial charge in [-0.1, -0.05) is 30.1 Å². The molecule has 1 saturated carbocycles. The van der Waals surface area contributed by atoms with Gasteiger partial charge in [-0.2, -0.15) is 0 Å². The highest BCUT2D eigenvalue weighted by Crippen LogP contribution is 2.53. The fourth-order valence-corrected chi connectivity index (χ4v) is 5.24. The Morgan fingerprint density at radius 2 is 1.92 bits per heavy atom. The predicted octanol–water partition coefficient (Wildman–Crippen LogP) is 4.30. The van der Waals surface area contributed by atoms with Crippen LogP contribution in [-0.4, -0.2) is 27.1 Å². The monoisotopic (exact) mass is 485 g/mol. The van der Waals surface area contributed by atoms with Crippen molar-refractivity contribution in [1.82, 2.24) is 0 Å². The molecule has 5 nitrogen and oxygen atoms in total. The van der Waals surface area contributed by atoms with E-state index in [1.54, 1.807) is 7.11 Å². The number of ether oxygens (including phenoxy) is 1. The molecular weight excluding hydrogens is 459 g/mol. The van der Waals surface area contributed by atoms with Crippen LogP contribution in [0.5, 0.6) is 5.75 Å². The number of nitrogens with zero attached hydrogens (tertiary/aromatic N) is 1. The predicted molar refractivity (Wildman–Crippen MR) is 141 cm³/mol. The van der Waals surface area contributed by atoms with E-state index in [4.69, 9.17) is 10.1 Å². The number of anilines is 2. The number of hydrogen-bond donors (Lipinski definition) is 2. The zero-order valence-electron chi connectivity index (χ0n) is 20.2. The Morgan fingerprint density at radius 1 is 1.17 bits per heavy atom. The van der Waals surface area contributed by atoms with Crippen molar-refractivity contribution >= 4 is 42.5 Å². The van der Waals surface area contributed by atoms with Crippen molar-refractivity contribution < 1.29 is 18.3 Å². The summed E-state index contributed by atoms with van der Waals surface area (Å²) in [7, 11) is 3.59. The number of nitrogens with one attached hydrogen (secondary N) is 2. The highest BCUT2D eigenvalue weighted by atomic mass is 19.1. The minimum Gasteiger partial charge on any atom is -0.497 e. The Bertz CT molecular complexity index is 1380. The van der Waals surface area contributed by atoms with Crippen LogP contribution in [0.15, 0.2) is 60.7 Å². The maximum atomic E-state index is 14.4. The number of halogens is 2. The molecule has 3 aromatic rings. The molecule has 0 atom stereocenters. The molecule has 2 aliphatic rings. The third kappa shape index (κ3) is 3.96. The molecule has 1 aliphatic heterocycles. The lowest BCUT2D eigenvalue weighted by atomic mass is 9.64. The van der Waals surface area contributed by atoms with Crippen LogP contribution in [0.2, 0.25) is 0 Å². The molecule has 36 heavy (non-hydrogen) atoms. The SMILES string of the molecule is Bc1cc(/C(=C/C=N)Nc2ccc(F)cc2F)cc2c1N(Cc1ccc(OC)cc1)C(=O)C21CCC1. The number of carbonyl (C=O) groups excluding carboxylic acids is 1. The van der Waals surface area contributed by atoms with Crippen molar-refractivity contribution in [3.05, 3.63) is 89.0 Å². The second-order valence-corrected chi connectivity index (χ2v) is 9.36. The fraction of sp³-hybridized carbons (Fsp3) is 0.214. The van der Waals surface area contributed by atoms with E-state index < -0.39 is 17.0 Å². The van der Waals surface area contributed by atoms with E-state index in [2.05, 4.69) is 5.32 Å². The minimum atomic E-state index is -0.722. The summed E-state index contributed by atoms with van der Waals surface area (Å²) in [6, 6.07) is 15.0. The zero-order chi connectivity index (χ0) is 25.4. The summed E-state index contributed by atoms with van der Waals surface area (Å²) in [5.74, 6) is -0.514. The average Bonchev–Trinajstić information content (AvgIpc) is 3.09. The normalized spacial score (nSPS) is 16.0. The van der Waals surface area contributed by atoms with Crippen LogP contribution in [0.25, 0.3) is 5.70 Å². The van der Waals surface area contributed by atoms with E-state index in [9.17, 15) is 13.6 Å². The van der Waals surface area contributed by atoms with E-state index in [1.807, 2.05) is 49.1 Å². The van der Waals surface area contributed by atoms with Gasteiger partial charge in [0.05, 0.1) is 24.8 Å². The highest BCUT2D eigenvalue weighted by molar-refractivity contribution is 6.38. The van der Waals surface area contributed by atoms with Crippen molar-refractivity contribution in [3.8, 4) is 5.75 Å². The maximum Gasteiger partial charge on any atom is 0.238 e. The van der Waals surface area contributed by atoms with Gasteiger partial charge >= 0.3 is 0 Å². The first-order valence-electron chi connectivity index (χ1n) is 11.9. The number of allylic oxidation sites excluding steroid dienone is 1.